The molecule has 2 nitrogen and oxygen atoms in total. The maximum Gasteiger partial charge on any atom is 0.435 e. The molecular formula is C8H7Cl2F3N2. The molecule has 0 aromatic carbocycles. The minimum atomic E-state index is -4.47. The number of nitrogens with one attached hydrogen (secondary N) is 1. The van der Waals surface area contributed by atoms with Crippen molar-refractivity contribution >= 4 is 23.2 Å². The Morgan fingerprint density at radius 3 is 2.40 bits per heavy atom. The van der Waals surface area contributed by atoms with E-state index in [1.165, 1.54) is 6.92 Å². The molecule has 7 heteroatoms. The Morgan fingerprint density at radius 1 is 1.47 bits per heavy atom. The Balaban J connectivity index is 2.43. The molecule has 1 atom stereocenters. The van der Waals surface area contributed by atoms with E-state index in [9.17, 15) is 13.2 Å². The number of rotatable bonds is 1. The molecule has 1 N–H and O–H groups in total. The summed E-state index contributed by atoms with van der Waals surface area (Å²) in [6, 6.07) is 0. The van der Waals surface area contributed by atoms with E-state index in [4.69, 9.17) is 23.2 Å². The normalized spacial score (nSPS) is 24.3. The predicted octanol–water partition coefficient (Wildman–Crippen LogP) is 3.40. The van der Waals surface area contributed by atoms with E-state index in [0.29, 0.717) is 12.1 Å². The van der Waals surface area contributed by atoms with Crippen LogP contribution in [-0.2, 0) is 6.18 Å². The molecule has 1 aromatic rings. The topological polar surface area (TPSA) is 28.7 Å². The summed E-state index contributed by atoms with van der Waals surface area (Å²) in [5.74, 6) is -0.476. The fourth-order valence-electron chi connectivity index (χ4n) is 1.61. The van der Waals surface area contributed by atoms with Crippen molar-refractivity contribution < 1.29 is 13.2 Å². The van der Waals surface area contributed by atoms with Crippen LogP contribution in [0, 0.1) is 6.92 Å². The molecule has 1 heterocycles. The summed E-state index contributed by atoms with van der Waals surface area (Å²) >= 11 is 11.5. The first-order valence-corrected chi connectivity index (χ1v) is 4.99. The monoisotopic (exact) mass is 258 g/mol. The molecule has 0 spiro atoms. The van der Waals surface area contributed by atoms with Crippen molar-refractivity contribution in [2.45, 2.75) is 29.8 Å². The second-order valence-corrected chi connectivity index (χ2v) is 5.17. The van der Waals surface area contributed by atoms with Gasteiger partial charge in [-0.2, -0.15) is 18.3 Å². The molecule has 0 amide bonds. The fourth-order valence-corrected chi connectivity index (χ4v) is 2.13. The van der Waals surface area contributed by atoms with Gasteiger partial charge in [-0.1, -0.05) is 0 Å². The zero-order valence-corrected chi connectivity index (χ0v) is 9.13. The van der Waals surface area contributed by atoms with Gasteiger partial charge in [0.2, 0.25) is 0 Å². The molecular weight excluding hydrogens is 252 g/mol. The minimum Gasteiger partial charge on any atom is -0.282 e. The third-order valence-electron chi connectivity index (χ3n) is 2.44. The average molecular weight is 259 g/mol. The smallest absolute Gasteiger partial charge is 0.282 e. The molecule has 1 saturated carbocycles. The predicted molar refractivity (Wildman–Crippen MR) is 50.1 cm³/mol. The quantitative estimate of drug-likeness (QED) is 0.769. The summed E-state index contributed by atoms with van der Waals surface area (Å²) in [6.07, 6.45) is -4.13. The number of hydrogen-bond acceptors (Lipinski definition) is 1. The van der Waals surface area contributed by atoms with Gasteiger partial charge in [0.05, 0.1) is 0 Å². The van der Waals surface area contributed by atoms with Crippen LogP contribution in [0.1, 0.15) is 29.3 Å². The van der Waals surface area contributed by atoms with Gasteiger partial charge in [-0.3, -0.25) is 5.10 Å². The van der Waals surface area contributed by atoms with Crippen molar-refractivity contribution in [3.05, 3.63) is 17.0 Å². The molecule has 15 heavy (non-hydrogen) atoms. The Morgan fingerprint density at radius 2 is 2.00 bits per heavy atom. The largest absolute Gasteiger partial charge is 0.435 e. The van der Waals surface area contributed by atoms with Crippen molar-refractivity contribution in [2.75, 3.05) is 0 Å². The van der Waals surface area contributed by atoms with Crippen molar-refractivity contribution in [3.8, 4) is 0 Å². The van der Waals surface area contributed by atoms with Crippen LogP contribution in [0.4, 0.5) is 13.2 Å². The number of aromatic amines is 1. The lowest BCUT2D eigenvalue weighted by Gasteiger charge is -2.06. The third-order valence-corrected chi connectivity index (χ3v) is 3.27. The lowest BCUT2D eigenvalue weighted by Crippen LogP contribution is -2.09. The summed E-state index contributed by atoms with van der Waals surface area (Å²) in [5, 5.41) is 5.56. The van der Waals surface area contributed by atoms with Gasteiger partial charge in [-0.25, -0.2) is 0 Å². The molecule has 2 rings (SSSR count). The SMILES string of the molecule is Cc1[nH]nc(C(F)(F)F)c1C1CC1(Cl)Cl. The van der Waals surface area contributed by atoms with Crippen molar-refractivity contribution in [2.24, 2.45) is 0 Å². The average Bonchev–Trinajstić information content (AvgIpc) is 2.52. The van der Waals surface area contributed by atoms with Gasteiger partial charge >= 0.3 is 6.18 Å². The highest BCUT2D eigenvalue weighted by atomic mass is 35.5. The fraction of sp³-hybridized carbons (Fsp3) is 0.625. The lowest BCUT2D eigenvalue weighted by atomic mass is 10.1. The molecule has 1 aliphatic carbocycles. The zero-order valence-electron chi connectivity index (χ0n) is 7.62. The second-order valence-electron chi connectivity index (χ2n) is 3.63. The van der Waals surface area contributed by atoms with Crippen LogP contribution in [0.25, 0.3) is 0 Å². The van der Waals surface area contributed by atoms with Gasteiger partial charge in [-0.05, 0) is 13.3 Å². The summed E-state index contributed by atoms with van der Waals surface area (Å²) in [6.45, 7) is 1.53. The van der Waals surface area contributed by atoms with E-state index in [-0.39, 0.29) is 5.56 Å². The molecule has 0 aliphatic heterocycles. The Labute approximate surface area is 93.8 Å². The summed E-state index contributed by atoms with van der Waals surface area (Å²) in [4.78, 5) is 0. The van der Waals surface area contributed by atoms with Crippen LogP contribution < -0.4 is 0 Å². The van der Waals surface area contributed by atoms with E-state index in [2.05, 4.69) is 10.2 Å². The number of halogens is 5. The van der Waals surface area contributed by atoms with E-state index in [0.717, 1.165) is 0 Å². The molecule has 1 aliphatic rings. The Hall–Kier alpha value is -0.420. The van der Waals surface area contributed by atoms with Crippen LogP contribution in [-0.4, -0.2) is 14.5 Å². The van der Waals surface area contributed by atoms with Gasteiger partial charge in [0.25, 0.3) is 0 Å². The number of aromatic nitrogens is 2. The van der Waals surface area contributed by atoms with Gasteiger partial charge < -0.3 is 0 Å². The standard InChI is InChI=1S/C8H7Cl2F3N2/c1-3-5(4-2-7(4,9)10)6(15-14-3)8(11,12)13/h4H,2H2,1H3,(H,14,15). The van der Waals surface area contributed by atoms with Crippen LogP contribution in [0.3, 0.4) is 0 Å². The molecule has 1 unspecified atom stereocenters. The maximum absolute atomic E-state index is 12.5. The third kappa shape index (κ3) is 1.83. The van der Waals surface area contributed by atoms with Crippen LogP contribution in [0.15, 0.2) is 0 Å². The Kier molecular flexibility index (Phi) is 2.25. The van der Waals surface area contributed by atoms with Gasteiger partial charge in [0, 0.05) is 17.2 Å². The maximum atomic E-state index is 12.5. The van der Waals surface area contributed by atoms with E-state index in [1.807, 2.05) is 0 Å². The van der Waals surface area contributed by atoms with Gasteiger partial charge in [-0.15, -0.1) is 23.2 Å². The van der Waals surface area contributed by atoms with E-state index < -0.39 is 22.1 Å². The highest BCUT2D eigenvalue weighted by molar-refractivity contribution is 6.51. The van der Waals surface area contributed by atoms with E-state index in [1.54, 1.807) is 0 Å². The molecule has 84 valence electrons. The van der Waals surface area contributed by atoms with Crippen LogP contribution >= 0.6 is 23.2 Å². The number of H-pyrrole nitrogens is 1. The molecule has 0 radical (unpaired) electrons. The second kappa shape index (κ2) is 3.04. The highest BCUT2D eigenvalue weighted by Crippen LogP contribution is 2.61. The first kappa shape index (κ1) is 11.1. The first-order chi connectivity index (χ1) is 6.73. The molecule has 0 bridgehead atoms. The zero-order chi connectivity index (χ0) is 11.4. The van der Waals surface area contributed by atoms with E-state index >= 15 is 0 Å². The van der Waals surface area contributed by atoms with Gasteiger partial charge in [0.15, 0.2) is 5.69 Å². The van der Waals surface area contributed by atoms with Crippen molar-refractivity contribution in [3.63, 3.8) is 0 Å². The first-order valence-electron chi connectivity index (χ1n) is 4.23. The molecule has 1 fully saturated rings. The highest BCUT2D eigenvalue weighted by Gasteiger charge is 2.56. The summed E-state index contributed by atoms with van der Waals surface area (Å²) in [5.41, 5.74) is -0.448. The van der Waals surface area contributed by atoms with Gasteiger partial charge in [0.1, 0.15) is 4.33 Å². The summed E-state index contributed by atoms with van der Waals surface area (Å²) in [7, 11) is 0. The number of nitrogens with zero attached hydrogens (tertiary/aromatic N) is 1. The molecule has 1 aromatic heterocycles. The van der Waals surface area contributed by atoms with Crippen LogP contribution in [0.5, 0.6) is 0 Å². The van der Waals surface area contributed by atoms with Crippen LogP contribution in [0.2, 0.25) is 0 Å². The van der Waals surface area contributed by atoms with Crippen molar-refractivity contribution in [1.82, 2.24) is 10.2 Å². The number of alkyl halides is 5. The molecule has 0 saturated heterocycles. The lowest BCUT2D eigenvalue weighted by molar-refractivity contribution is -0.141. The number of hydrogen-bond donors (Lipinski definition) is 1. The minimum absolute atomic E-state index is 0.0903. The number of aryl methyl sites for hydroxylation is 1. The van der Waals surface area contributed by atoms with Crippen molar-refractivity contribution in [1.29, 1.82) is 0 Å². The Bertz CT molecular complexity index is 397. The summed E-state index contributed by atoms with van der Waals surface area (Å²) < 4.78 is 36.5.